The topological polar surface area (TPSA) is 122 Å². The summed E-state index contributed by atoms with van der Waals surface area (Å²) in [6, 6.07) is 0. The van der Waals surface area contributed by atoms with E-state index in [0.717, 1.165) is 19.3 Å². The molecule has 1 aliphatic rings. The van der Waals surface area contributed by atoms with E-state index in [4.69, 9.17) is 5.73 Å². The van der Waals surface area contributed by atoms with Gasteiger partial charge in [0.2, 0.25) is 11.8 Å². The molecule has 0 aromatic heterocycles. The van der Waals surface area contributed by atoms with Crippen LogP contribution in [0.5, 0.6) is 0 Å². The first-order chi connectivity index (χ1) is 9.00. The van der Waals surface area contributed by atoms with Crippen molar-refractivity contribution in [2.24, 2.45) is 11.1 Å². The van der Waals surface area contributed by atoms with Crippen LogP contribution in [-0.2, 0) is 14.4 Å². The molecule has 108 valence electrons. The Labute approximate surface area is 111 Å². The lowest BCUT2D eigenvalue weighted by Crippen LogP contribution is -2.47. The maximum Gasteiger partial charge on any atom is 0.311 e. The number of carbonyl (C=O) groups is 3. The third kappa shape index (κ3) is 4.51. The molecule has 0 saturated heterocycles. The second kappa shape index (κ2) is 7.08. The normalized spacial score (nSPS) is 17.5. The Balaban J connectivity index is 2.41. The molecule has 7 nitrogen and oxygen atoms in total. The van der Waals surface area contributed by atoms with E-state index in [1.54, 1.807) is 0 Å². The number of carboxylic acid groups (broad SMARTS) is 1. The minimum absolute atomic E-state index is 0.111. The predicted molar refractivity (Wildman–Crippen MR) is 68.2 cm³/mol. The van der Waals surface area contributed by atoms with Gasteiger partial charge in [-0.05, 0) is 12.8 Å². The lowest BCUT2D eigenvalue weighted by atomic mass is 9.74. The van der Waals surface area contributed by atoms with E-state index in [9.17, 15) is 19.5 Å². The summed E-state index contributed by atoms with van der Waals surface area (Å²) in [6.07, 6.45) is 3.93. The highest BCUT2D eigenvalue weighted by Gasteiger charge is 2.39. The molecule has 19 heavy (non-hydrogen) atoms. The molecule has 2 amide bonds. The van der Waals surface area contributed by atoms with Gasteiger partial charge in [-0.3, -0.25) is 14.4 Å². The molecule has 0 unspecified atom stereocenters. The van der Waals surface area contributed by atoms with Crippen molar-refractivity contribution >= 4 is 17.8 Å². The zero-order valence-electron chi connectivity index (χ0n) is 10.9. The van der Waals surface area contributed by atoms with Crippen molar-refractivity contribution < 1.29 is 19.5 Å². The highest BCUT2D eigenvalue weighted by molar-refractivity contribution is 5.86. The van der Waals surface area contributed by atoms with Crippen molar-refractivity contribution in [2.45, 2.75) is 32.1 Å². The zero-order valence-corrected chi connectivity index (χ0v) is 10.9. The van der Waals surface area contributed by atoms with Crippen LogP contribution in [0.15, 0.2) is 0 Å². The van der Waals surface area contributed by atoms with Crippen LogP contribution in [0.2, 0.25) is 0 Å². The Morgan fingerprint density at radius 1 is 1.05 bits per heavy atom. The summed E-state index contributed by atoms with van der Waals surface area (Å²) in [4.78, 5) is 33.8. The molecular weight excluding hydrogens is 250 g/mol. The van der Waals surface area contributed by atoms with Gasteiger partial charge < -0.3 is 21.5 Å². The number of amides is 2. The van der Waals surface area contributed by atoms with Gasteiger partial charge in [-0.15, -0.1) is 0 Å². The minimum atomic E-state index is -0.863. The number of nitrogens with one attached hydrogen (secondary N) is 2. The quantitative estimate of drug-likeness (QED) is 0.504. The third-order valence-corrected chi connectivity index (χ3v) is 3.52. The standard InChI is InChI=1S/C12H21N3O4/c13-6-9(16)14-7-10(17)15-8-12(11(18)19)4-2-1-3-5-12/h1-8,13H2,(H,14,16)(H,15,17)(H,18,19). The Bertz CT molecular complexity index is 351. The first kappa shape index (κ1) is 15.4. The molecular formula is C12H21N3O4. The molecule has 0 aromatic carbocycles. The average Bonchev–Trinajstić information content (AvgIpc) is 2.43. The number of aliphatic carboxylic acids is 1. The first-order valence-corrected chi connectivity index (χ1v) is 6.47. The van der Waals surface area contributed by atoms with Crippen molar-refractivity contribution in [3.05, 3.63) is 0 Å². The number of carbonyl (C=O) groups excluding carboxylic acids is 2. The summed E-state index contributed by atoms with van der Waals surface area (Å²) >= 11 is 0. The van der Waals surface area contributed by atoms with Gasteiger partial charge in [-0.1, -0.05) is 19.3 Å². The molecule has 1 saturated carbocycles. The average molecular weight is 271 g/mol. The van der Waals surface area contributed by atoms with Gasteiger partial charge in [0, 0.05) is 6.54 Å². The fraction of sp³-hybridized carbons (Fsp3) is 0.750. The van der Waals surface area contributed by atoms with Crippen molar-refractivity contribution in [2.75, 3.05) is 19.6 Å². The van der Waals surface area contributed by atoms with E-state index in [1.807, 2.05) is 0 Å². The summed E-state index contributed by atoms with van der Waals surface area (Å²) in [6.45, 7) is -0.238. The minimum Gasteiger partial charge on any atom is -0.481 e. The van der Waals surface area contributed by atoms with Crippen LogP contribution >= 0.6 is 0 Å². The molecule has 0 heterocycles. The highest BCUT2D eigenvalue weighted by atomic mass is 16.4. The number of rotatable bonds is 6. The molecule has 0 aromatic rings. The summed E-state index contributed by atoms with van der Waals surface area (Å²) in [5.41, 5.74) is 4.23. The van der Waals surface area contributed by atoms with Crippen molar-refractivity contribution in [1.82, 2.24) is 10.6 Å². The molecule has 0 atom stereocenters. The predicted octanol–water partition coefficient (Wildman–Crippen LogP) is -0.787. The summed E-state index contributed by atoms with van der Waals surface area (Å²) in [5, 5.41) is 14.2. The van der Waals surface area contributed by atoms with Gasteiger partial charge in [0.05, 0.1) is 18.5 Å². The Morgan fingerprint density at radius 2 is 1.68 bits per heavy atom. The molecule has 1 fully saturated rings. The van der Waals surface area contributed by atoms with Gasteiger partial charge in [-0.25, -0.2) is 0 Å². The second-order valence-corrected chi connectivity index (χ2v) is 4.90. The van der Waals surface area contributed by atoms with Gasteiger partial charge in [0.1, 0.15) is 0 Å². The van der Waals surface area contributed by atoms with Gasteiger partial charge >= 0.3 is 5.97 Å². The summed E-state index contributed by atoms with van der Waals surface area (Å²) in [5.74, 6) is -1.67. The Morgan fingerprint density at radius 3 is 2.21 bits per heavy atom. The highest BCUT2D eigenvalue weighted by Crippen LogP contribution is 2.35. The van der Waals surface area contributed by atoms with Crippen LogP contribution in [0.3, 0.4) is 0 Å². The molecule has 0 aliphatic heterocycles. The summed E-state index contributed by atoms with van der Waals surface area (Å²) < 4.78 is 0. The molecule has 7 heteroatoms. The Hall–Kier alpha value is -1.63. The van der Waals surface area contributed by atoms with E-state index in [1.165, 1.54) is 0 Å². The number of nitrogens with two attached hydrogens (primary N) is 1. The van der Waals surface area contributed by atoms with E-state index in [0.29, 0.717) is 12.8 Å². The van der Waals surface area contributed by atoms with E-state index in [2.05, 4.69) is 10.6 Å². The SMILES string of the molecule is NCC(=O)NCC(=O)NCC1(C(=O)O)CCCCC1. The van der Waals surface area contributed by atoms with E-state index >= 15 is 0 Å². The maximum atomic E-state index is 11.5. The van der Waals surface area contributed by atoms with Gasteiger partial charge in [0.25, 0.3) is 0 Å². The first-order valence-electron chi connectivity index (χ1n) is 6.47. The van der Waals surface area contributed by atoms with Crippen molar-refractivity contribution in [3.8, 4) is 0 Å². The Kier molecular flexibility index (Phi) is 5.75. The van der Waals surface area contributed by atoms with Crippen LogP contribution < -0.4 is 16.4 Å². The zero-order chi connectivity index (χ0) is 14.3. The molecule has 5 N–H and O–H groups in total. The van der Waals surface area contributed by atoms with E-state index < -0.39 is 23.2 Å². The fourth-order valence-corrected chi connectivity index (χ4v) is 2.28. The van der Waals surface area contributed by atoms with Crippen LogP contribution in [0.1, 0.15) is 32.1 Å². The second-order valence-electron chi connectivity index (χ2n) is 4.90. The third-order valence-electron chi connectivity index (χ3n) is 3.52. The largest absolute Gasteiger partial charge is 0.481 e. The molecule has 0 spiro atoms. The van der Waals surface area contributed by atoms with Crippen LogP contribution in [0, 0.1) is 5.41 Å². The summed E-state index contributed by atoms with van der Waals surface area (Å²) in [7, 11) is 0. The lowest BCUT2D eigenvalue weighted by molar-refractivity contribution is -0.151. The monoisotopic (exact) mass is 271 g/mol. The van der Waals surface area contributed by atoms with E-state index in [-0.39, 0.29) is 19.6 Å². The van der Waals surface area contributed by atoms with Crippen molar-refractivity contribution in [1.29, 1.82) is 0 Å². The maximum absolute atomic E-state index is 11.5. The number of hydrogen-bond donors (Lipinski definition) is 4. The molecule has 1 aliphatic carbocycles. The molecule has 0 radical (unpaired) electrons. The molecule has 1 rings (SSSR count). The van der Waals surface area contributed by atoms with Crippen LogP contribution in [0.4, 0.5) is 0 Å². The van der Waals surface area contributed by atoms with Gasteiger partial charge in [0.15, 0.2) is 0 Å². The smallest absolute Gasteiger partial charge is 0.311 e. The van der Waals surface area contributed by atoms with Gasteiger partial charge in [-0.2, -0.15) is 0 Å². The fourth-order valence-electron chi connectivity index (χ4n) is 2.28. The number of hydrogen-bond acceptors (Lipinski definition) is 4. The number of carboxylic acids is 1. The van der Waals surface area contributed by atoms with Crippen LogP contribution in [0.25, 0.3) is 0 Å². The van der Waals surface area contributed by atoms with Crippen molar-refractivity contribution in [3.63, 3.8) is 0 Å². The lowest BCUT2D eigenvalue weighted by Gasteiger charge is -2.33. The van der Waals surface area contributed by atoms with Crippen LogP contribution in [-0.4, -0.2) is 42.5 Å². The molecule has 0 bridgehead atoms.